The number of rotatable bonds is 5. The van der Waals surface area contributed by atoms with Crippen molar-refractivity contribution in [2.24, 2.45) is 0 Å². The lowest BCUT2D eigenvalue weighted by Crippen LogP contribution is -2.55. The largest absolute Gasteiger partial charge is 0.508 e. The van der Waals surface area contributed by atoms with Crippen LogP contribution in [0, 0.1) is 0 Å². The summed E-state index contributed by atoms with van der Waals surface area (Å²) in [6.45, 7) is -0.190. The first-order valence-electron chi connectivity index (χ1n) is 10.7. The number of benzene rings is 2. The third-order valence-electron chi connectivity index (χ3n) is 6.01. The highest BCUT2D eigenvalue weighted by atomic mass is 35.5. The molecule has 1 aliphatic rings. The van der Waals surface area contributed by atoms with Crippen LogP contribution in [0.1, 0.15) is 17.2 Å². The van der Waals surface area contributed by atoms with Gasteiger partial charge in [-0.1, -0.05) is 6.07 Å². The van der Waals surface area contributed by atoms with Crippen LogP contribution in [-0.2, 0) is 11.3 Å². The van der Waals surface area contributed by atoms with Crippen LogP contribution in [0.15, 0.2) is 45.8 Å². The highest BCUT2D eigenvalue weighted by Crippen LogP contribution is 2.40. The highest BCUT2D eigenvalue weighted by Gasteiger charge is 2.45. The van der Waals surface area contributed by atoms with Crippen LogP contribution < -0.4 is 5.43 Å². The van der Waals surface area contributed by atoms with E-state index in [-0.39, 0.29) is 46.0 Å². The van der Waals surface area contributed by atoms with E-state index in [1.165, 1.54) is 24.5 Å². The van der Waals surface area contributed by atoms with Crippen molar-refractivity contribution in [2.45, 2.75) is 37.1 Å². The summed E-state index contributed by atoms with van der Waals surface area (Å²) in [5.41, 5.74) is 0.788. The third kappa shape index (κ3) is 4.87. The summed E-state index contributed by atoms with van der Waals surface area (Å²) in [7, 11) is 3.70. The van der Waals surface area contributed by atoms with Crippen molar-refractivity contribution < 1.29 is 39.8 Å². The normalized spacial score (nSPS) is 24.5. The molecule has 0 unspecified atom stereocenters. The van der Waals surface area contributed by atoms with Gasteiger partial charge in [0, 0.05) is 12.1 Å². The monoisotopic (exact) mass is 509 g/mol. The molecule has 10 nitrogen and oxygen atoms in total. The molecule has 1 saturated heterocycles. The zero-order valence-corrected chi connectivity index (χ0v) is 19.8. The van der Waals surface area contributed by atoms with E-state index in [1.54, 1.807) is 12.1 Å². The van der Waals surface area contributed by atoms with Gasteiger partial charge in [-0.3, -0.25) is 4.79 Å². The standard InChI is InChI=1S/C24H27NO9.ClH/c1-25(2)8-12-7-11(3-5-15(12)27)14-10-33-23-13(19(14)29)4-6-16(28)18(23)24-22(32)21(31)20(30)17(9-26)34-24;/h3-7,10,17,20-22,24,26-28,30-32H,8-9H2,1-2H3;1H/t17-,20+,21+,22-,24-;/m1./s1. The van der Waals surface area contributed by atoms with E-state index in [9.17, 15) is 35.4 Å². The fourth-order valence-electron chi connectivity index (χ4n) is 4.25. The van der Waals surface area contributed by atoms with Crippen LogP contribution in [0.2, 0.25) is 0 Å². The number of hydrogen-bond donors (Lipinski definition) is 6. The van der Waals surface area contributed by atoms with Crippen molar-refractivity contribution in [1.82, 2.24) is 4.90 Å². The average Bonchev–Trinajstić information content (AvgIpc) is 2.80. The zero-order chi connectivity index (χ0) is 24.7. The van der Waals surface area contributed by atoms with Crippen LogP contribution in [0.5, 0.6) is 11.5 Å². The maximum Gasteiger partial charge on any atom is 0.200 e. The Balaban J connectivity index is 0.00000342. The van der Waals surface area contributed by atoms with Crippen LogP contribution in [0.3, 0.4) is 0 Å². The topological polar surface area (TPSA) is 164 Å². The smallest absolute Gasteiger partial charge is 0.200 e. The molecule has 3 aromatic rings. The SMILES string of the molecule is CN(C)Cc1cc(-c2coc3c([C@H]4O[C@H](CO)[C@H](O)[C@H](O)[C@H]4O)c(O)ccc3c2=O)ccc1O.Cl. The molecule has 4 rings (SSSR count). The Bertz CT molecular complexity index is 1260. The minimum atomic E-state index is -1.66. The molecule has 0 aliphatic carbocycles. The molecule has 2 aromatic carbocycles. The molecule has 0 saturated carbocycles. The summed E-state index contributed by atoms with van der Waals surface area (Å²) in [6, 6.07) is 7.38. The van der Waals surface area contributed by atoms with Crippen molar-refractivity contribution in [2.75, 3.05) is 20.7 Å². The predicted octanol–water partition coefficient (Wildman–Crippen LogP) is 0.869. The molecule has 2 heterocycles. The molecular formula is C24H28ClNO9. The lowest BCUT2D eigenvalue weighted by Gasteiger charge is -2.40. The molecule has 0 spiro atoms. The van der Waals surface area contributed by atoms with Gasteiger partial charge >= 0.3 is 0 Å². The van der Waals surface area contributed by atoms with E-state index >= 15 is 0 Å². The fourth-order valence-corrected chi connectivity index (χ4v) is 4.25. The summed E-state index contributed by atoms with van der Waals surface area (Å²) in [4.78, 5) is 15.2. The van der Waals surface area contributed by atoms with Crippen molar-refractivity contribution in [3.05, 3.63) is 57.9 Å². The zero-order valence-electron chi connectivity index (χ0n) is 19.0. The summed E-state index contributed by atoms with van der Waals surface area (Å²) in [6.07, 6.45) is -6.26. The molecule has 190 valence electrons. The first-order chi connectivity index (χ1) is 16.1. The number of phenolic OH excluding ortho intramolecular Hbond substituents is 2. The lowest BCUT2D eigenvalue weighted by molar-refractivity contribution is -0.231. The molecule has 5 atom stereocenters. The molecular weight excluding hydrogens is 482 g/mol. The number of aliphatic hydroxyl groups is 4. The Morgan fingerprint density at radius 3 is 2.31 bits per heavy atom. The Kier molecular flexibility index (Phi) is 8.07. The molecule has 0 amide bonds. The fraction of sp³-hybridized carbons (Fsp3) is 0.375. The van der Waals surface area contributed by atoms with Crippen LogP contribution >= 0.6 is 12.4 Å². The van der Waals surface area contributed by atoms with Crippen molar-refractivity contribution in [1.29, 1.82) is 0 Å². The molecule has 1 aliphatic heterocycles. The van der Waals surface area contributed by atoms with Crippen LogP contribution in [0.25, 0.3) is 22.1 Å². The van der Waals surface area contributed by atoms with Gasteiger partial charge in [0.25, 0.3) is 0 Å². The Morgan fingerprint density at radius 1 is 0.971 bits per heavy atom. The predicted molar refractivity (Wildman–Crippen MR) is 129 cm³/mol. The van der Waals surface area contributed by atoms with Gasteiger partial charge in [0.1, 0.15) is 53.9 Å². The second-order valence-electron chi connectivity index (χ2n) is 8.68. The van der Waals surface area contributed by atoms with Gasteiger partial charge in [0.2, 0.25) is 5.43 Å². The molecule has 11 heteroatoms. The Morgan fingerprint density at radius 2 is 1.66 bits per heavy atom. The second kappa shape index (κ2) is 10.5. The summed E-state index contributed by atoms with van der Waals surface area (Å²) in [5.74, 6) is -0.261. The number of aromatic hydroxyl groups is 2. The number of fused-ring (bicyclic) bond motifs is 1. The maximum absolute atomic E-state index is 13.4. The number of aliphatic hydroxyl groups excluding tert-OH is 4. The van der Waals surface area contributed by atoms with Crippen molar-refractivity contribution in [3.63, 3.8) is 0 Å². The maximum atomic E-state index is 13.4. The number of ether oxygens (including phenoxy) is 1. The first kappa shape index (κ1) is 26.9. The van der Waals surface area contributed by atoms with Gasteiger partial charge in [0.05, 0.1) is 23.1 Å². The van der Waals surface area contributed by atoms with E-state index in [0.717, 1.165) is 0 Å². The van der Waals surface area contributed by atoms with Crippen LogP contribution in [0.4, 0.5) is 0 Å². The summed E-state index contributed by atoms with van der Waals surface area (Å²) in [5, 5.41) is 61.0. The van der Waals surface area contributed by atoms with Crippen molar-refractivity contribution in [3.8, 4) is 22.6 Å². The third-order valence-corrected chi connectivity index (χ3v) is 6.01. The Hall–Kier alpha value is -2.70. The van der Waals surface area contributed by atoms with Crippen molar-refractivity contribution >= 4 is 23.4 Å². The minimum Gasteiger partial charge on any atom is -0.508 e. The Labute approximate surface area is 206 Å². The van der Waals surface area contributed by atoms with Gasteiger partial charge < -0.3 is 44.7 Å². The molecule has 0 bridgehead atoms. The highest BCUT2D eigenvalue weighted by molar-refractivity contribution is 5.86. The van der Waals surface area contributed by atoms with Gasteiger partial charge in [-0.25, -0.2) is 0 Å². The number of phenols is 2. The lowest BCUT2D eigenvalue weighted by atomic mass is 9.89. The van der Waals surface area contributed by atoms with E-state index in [0.29, 0.717) is 17.7 Å². The molecule has 1 aromatic heterocycles. The molecule has 0 radical (unpaired) electrons. The molecule has 1 fully saturated rings. The van der Waals surface area contributed by atoms with E-state index in [4.69, 9.17) is 9.15 Å². The van der Waals surface area contributed by atoms with Gasteiger partial charge in [-0.15, -0.1) is 12.4 Å². The number of hydrogen-bond acceptors (Lipinski definition) is 10. The average molecular weight is 510 g/mol. The summed E-state index contributed by atoms with van der Waals surface area (Å²) < 4.78 is 11.3. The van der Waals surface area contributed by atoms with E-state index < -0.39 is 42.6 Å². The van der Waals surface area contributed by atoms with Gasteiger partial charge in [0.15, 0.2) is 0 Å². The molecule has 35 heavy (non-hydrogen) atoms. The second-order valence-corrected chi connectivity index (χ2v) is 8.68. The minimum absolute atomic E-state index is 0. The number of nitrogens with zero attached hydrogens (tertiary/aromatic N) is 1. The number of halogens is 1. The quantitative estimate of drug-likeness (QED) is 0.291. The summed E-state index contributed by atoms with van der Waals surface area (Å²) >= 11 is 0. The van der Waals surface area contributed by atoms with E-state index in [2.05, 4.69) is 0 Å². The van der Waals surface area contributed by atoms with E-state index in [1.807, 2.05) is 19.0 Å². The first-order valence-corrected chi connectivity index (χ1v) is 10.7. The molecule has 6 N–H and O–H groups in total. The van der Waals surface area contributed by atoms with Crippen LogP contribution in [-0.4, -0.2) is 80.7 Å². The van der Waals surface area contributed by atoms with Gasteiger partial charge in [-0.2, -0.15) is 0 Å². The van der Waals surface area contributed by atoms with Gasteiger partial charge in [-0.05, 0) is 43.9 Å².